The summed E-state index contributed by atoms with van der Waals surface area (Å²) in [6, 6.07) is 3.67. The molecule has 4 aliphatic rings. The molecule has 208 valence electrons. The number of ether oxygens (including phenoxy) is 1. The highest BCUT2D eigenvalue weighted by Gasteiger charge is 2.20. The number of aromatic nitrogens is 1. The van der Waals surface area contributed by atoms with E-state index in [0.29, 0.717) is 12.4 Å². The summed E-state index contributed by atoms with van der Waals surface area (Å²) < 4.78 is 5.44. The van der Waals surface area contributed by atoms with Gasteiger partial charge >= 0.3 is 6.03 Å². The molecule has 4 N–H and O–H groups in total. The largest absolute Gasteiger partial charge is 0.379 e. The van der Waals surface area contributed by atoms with Crippen molar-refractivity contribution in [1.82, 2.24) is 25.6 Å². The first-order valence-corrected chi connectivity index (χ1v) is 14.7. The number of fused-ring (bicyclic) bond motifs is 1. The van der Waals surface area contributed by atoms with Gasteiger partial charge in [0.15, 0.2) is 0 Å². The van der Waals surface area contributed by atoms with Crippen molar-refractivity contribution in [3.8, 4) is 0 Å². The number of carbonyl (C=O) groups is 1. The van der Waals surface area contributed by atoms with Crippen LogP contribution in [0.5, 0.6) is 0 Å². The van der Waals surface area contributed by atoms with Gasteiger partial charge in [-0.1, -0.05) is 44.9 Å². The van der Waals surface area contributed by atoms with Crippen LogP contribution in [-0.4, -0.2) is 80.0 Å². The minimum absolute atomic E-state index is 0.182. The lowest BCUT2D eigenvalue weighted by atomic mass is 9.86. The Morgan fingerprint density at radius 2 is 1.89 bits per heavy atom. The normalized spacial score (nSPS) is 20.4. The number of amides is 2. The van der Waals surface area contributed by atoms with Crippen LogP contribution in [0.3, 0.4) is 0 Å². The zero-order chi connectivity index (χ0) is 26.0. The van der Waals surface area contributed by atoms with Crippen LogP contribution >= 0.6 is 0 Å². The molecule has 0 radical (unpaired) electrons. The van der Waals surface area contributed by atoms with Crippen molar-refractivity contribution in [3.05, 3.63) is 35.2 Å². The summed E-state index contributed by atoms with van der Waals surface area (Å²) in [4.78, 5) is 19.6. The Hall–Kier alpha value is -2.62. The van der Waals surface area contributed by atoms with Crippen LogP contribution in [0.2, 0.25) is 0 Å². The first-order chi connectivity index (χ1) is 18.7. The van der Waals surface area contributed by atoms with E-state index in [4.69, 9.17) is 9.72 Å². The number of carbonyl (C=O) groups excluding carboxylic acids is 1. The van der Waals surface area contributed by atoms with E-state index in [0.717, 1.165) is 82.6 Å². The van der Waals surface area contributed by atoms with Crippen molar-refractivity contribution < 1.29 is 9.53 Å². The van der Waals surface area contributed by atoms with Crippen molar-refractivity contribution in [2.24, 2.45) is 5.92 Å². The molecule has 0 unspecified atom stereocenters. The zero-order valence-corrected chi connectivity index (χ0v) is 22.8. The summed E-state index contributed by atoms with van der Waals surface area (Å²) in [7, 11) is 0. The maximum atomic E-state index is 12.4. The monoisotopic (exact) mass is 523 g/mol. The molecule has 4 heterocycles. The fourth-order valence-corrected chi connectivity index (χ4v) is 5.91. The Labute approximate surface area is 227 Å². The second kappa shape index (κ2) is 14.0. The van der Waals surface area contributed by atoms with Gasteiger partial charge in [0.05, 0.1) is 24.6 Å². The molecule has 1 saturated carbocycles. The van der Waals surface area contributed by atoms with Crippen molar-refractivity contribution in [2.75, 3.05) is 69.7 Å². The fraction of sp³-hybridized carbons (Fsp3) is 0.655. The molecule has 2 fully saturated rings. The number of morpholine rings is 1. The molecular formula is C29H45N7O2. The minimum Gasteiger partial charge on any atom is -0.379 e. The number of unbranched alkanes of at least 4 members (excludes halogenated alkanes) is 1. The second-order valence-corrected chi connectivity index (χ2v) is 11.0. The van der Waals surface area contributed by atoms with Gasteiger partial charge < -0.3 is 20.4 Å². The third-order valence-corrected chi connectivity index (χ3v) is 8.17. The number of anilines is 2. The number of hydrogen-bond acceptors (Lipinski definition) is 7. The van der Waals surface area contributed by atoms with E-state index < -0.39 is 0 Å². The molecule has 1 aromatic heterocycles. The van der Waals surface area contributed by atoms with Crippen molar-refractivity contribution >= 4 is 23.6 Å². The van der Waals surface area contributed by atoms with Crippen LogP contribution in [0.4, 0.5) is 16.3 Å². The third kappa shape index (κ3) is 7.94. The molecule has 1 aromatic rings. The summed E-state index contributed by atoms with van der Waals surface area (Å²) in [5, 5.41) is 11.6. The zero-order valence-electron chi connectivity index (χ0n) is 22.8. The van der Waals surface area contributed by atoms with Crippen LogP contribution in [-0.2, 0) is 4.74 Å². The predicted octanol–water partition coefficient (Wildman–Crippen LogP) is 4.19. The SMILES string of the molecule is O=C(NCCCCC1CCCCC1)Nc1ccc2c(n1)C=C(C1=CN(CCCN3CCOCC3)NC1)CN2. The highest BCUT2D eigenvalue weighted by Crippen LogP contribution is 2.29. The molecule has 0 bridgehead atoms. The smallest absolute Gasteiger partial charge is 0.320 e. The highest BCUT2D eigenvalue weighted by atomic mass is 16.5. The van der Waals surface area contributed by atoms with E-state index in [1.54, 1.807) is 0 Å². The topological polar surface area (TPSA) is 93.8 Å². The van der Waals surface area contributed by atoms with Gasteiger partial charge in [0, 0.05) is 52.0 Å². The summed E-state index contributed by atoms with van der Waals surface area (Å²) in [5.41, 5.74) is 7.86. The van der Waals surface area contributed by atoms with Gasteiger partial charge in [-0.15, -0.1) is 0 Å². The van der Waals surface area contributed by atoms with Gasteiger partial charge in [-0.05, 0) is 48.1 Å². The standard InChI is InChI=1S/C29H45N7O2/c37-29(30-12-5-4-9-23-7-2-1-3-8-23)34-28-11-10-26-27(33-28)19-24(20-31-26)25-21-32-36(22-25)14-6-13-35-15-17-38-18-16-35/h10-11,19,22-23,31-32H,1-9,12-18,20-21H2,(H2,30,33,34,37). The van der Waals surface area contributed by atoms with Gasteiger partial charge in [-0.3, -0.25) is 10.2 Å². The van der Waals surface area contributed by atoms with E-state index in [9.17, 15) is 4.79 Å². The third-order valence-electron chi connectivity index (χ3n) is 8.17. The lowest BCUT2D eigenvalue weighted by Crippen LogP contribution is -2.38. The van der Waals surface area contributed by atoms with E-state index >= 15 is 0 Å². The molecular weight excluding hydrogens is 478 g/mol. The summed E-state index contributed by atoms with van der Waals surface area (Å²) in [6.45, 7) is 8.18. The first kappa shape index (κ1) is 27.0. The van der Waals surface area contributed by atoms with Crippen LogP contribution in [0.1, 0.15) is 63.5 Å². The molecule has 2 amide bonds. The molecule has 3 aliphatic heterocycles. The predicted molar refractivity (Wildman–Crippen MR) is 153 cm³/mol. The average molecular weight is 524 g/mol. The number of nitrogens with zero attached hydrogens (tertiary/aromatic N) is 3. The molecule has 0 aromatic carbocycles. The second-order valence-electron chi connectivity index (χ2n) is 11.0. The number of hydrazine groups is 1. The van der Waals surface area contributed by atoms with Crippen molar-refractivity contribution in [3.63, 3.8) is 0 Å². The Bertz CT molecular complexity index is 983. The Balaban J connectivity index is 1.06. The number of hydrogen-bond donors (Lipinski definition) is 4. The van der Waals surface area contributed by atoms with Crippen LogP contribution < -0.4 is 21.4 Å². The van der Waals surface area contributed by atoms with E-state index in [-0.39, 0.29) is 6.03 Å². The molecule has 1 aliphatic carbocycles. The number of nitrogens with one attached hydrogen (secondary N) is 4. The van der Waals surface area contributed by atoms with Crippen molar-refractivity contribution in [1.29, 1.82) is 0 Å². The average Bonchev–Trinajstić information content (AvgIpc) is 3.43. The number of urea groups is 1. The fourth-order valence-electron chi connectivity index (χ4n) is 5.91. The van der Waals surface area contributed by atoms with E-state index in [1.165, 1.54) is 56.1 Å². The lowest BCUT2D eigenvalue weighted by Gasteiger charge is -2.27. The summed E-state index contributed by atoms with van der Waals surface area (Å²) in [6.07, 6.45) is 16.0. The Morgan fingerprint density at radius 3 is 2.76 bits per heavy atom. The van der Waals surface area contributed by atoms with Gasteiger partial charge in [0.1, 0.15) is 5.82 Å². The molecule has 1 saturated heterocycles. The van der Waals surface area contributed by atoms with Crippen LogP contribution in [0.25, 0.3) is 6.08 Å². The van der Waals surface area contributed by atoms with Gasteiger partial charge in [0.25, 0.3) is 0 Å². The Kier molecular flexibility index (Phi) is 9.91. The molecule has 38 heavy (non-hydrogen) atoms. The molecule has 0 spiro atoms. The number of rotatable bonds is 11. The van der Waals surface area contributed by atoms with Crippen LogP contribution in [0.15, 0.2) is 29.5 Å². The molecule has 9 nitrogen and oxygen atoms in total. The summed E-state index contributed by atoms with van der Waals surface area (Å²) in [5.74, 6) is 1.48. The maximum Gasteiger partial charge on any atom is 0.320 e. The number of pyridine rings is 1. The lowest BCUT2D eigenvalue weighted by molar-refractivity contribution is 0.0363. The van der Waals surface area contributed by atoms with Gasteiger partial charge in [0.2, 0.25) is 0 Å². The van der Waals surface area contributed by atoms with Gasteiger partial charge in [-0.2, -0.15) is 0 Å². The van der Waals surface area contributed by atoms with Gasteiger partial charge in [-0.25, -0.2) is 15.2 Å². The highest BCUT2D eigenvalue weighted by molar-refractivity contribution is 5.88. The van der Waals surface area contributed by atoms with E-state index in [2.05, 4.69) is 43.6 Å². The molecule has 9 heteroatoms. The Morgan fingerprint density at radius 1 is 1.03 bits per heavy atom. The maximum absolute atomic E-state index is 12.4. The first-order valence-electron chi connectivity index (χ1n) is 14.7. The molecule has 0 atom stereocenters. The quantitative estimate of drug-likeness (QED) is 0.323. The minimum atomic E-state index is -0.182. The summed E-state index contributed by atoms with van der Waals surface area (Å²) >= 11 is 0. The van der Waals surface area contributed by atoms with E-state index in [1.807, 2.05) is 12.1 Å². The van der Waals surface area contributed by atoms with Crippen molar-refractivity contribution in [2.45, 2.75) is 57.8 Å². The molecule has 5 rings (SSSR count). The van der Waals surface area contributed by atoms with Crippen LogP contribution in [0, 0.1) is 5.92 Å².